The van der Waals surface area contributed by atoms with Gasteiger partial charge in [0.25, 0.3) is 0 Å². The molecule has 0 aromatic heterocycles. The van der Waals surface area contributed by atoms with Gasteiger partial charge in [-0.3, -0.25) is 4.79 Å². The number of amides is 2. The van der Waals surface area contributed by atoms with Crippen molar-refractivity contribution in [3.8, 4) is 11.1 Å². The van der Waals surface area contributed by atoms with Crippen LogP contribution in [0.25, 0.3) is 11.1 Å². The Labute approximate surface area is 178 Å². The van der Waals surface area contributed by atoms with Crippen LogP contribution in [0.1, 0.15) is 33.4 Å². The van der Waals surface area contributed by atoms with Gasteiger partial charge in [0.2, 0.25) is 0 Å². The number of carboxylic acid groups (broad SMARTS) is 1. The molecule has 2 amide bonds. The van der Waals surface area contributed by atoms with Gasteiger partial charge in [-0.1, -0.05) is 29.8 Å². The first kappa shape index (κ1) is 21.8. The molecule has 1 aliphatic rings. The summed E-state index contributed by atoms with van der Waals surface area (Å²) in [4.78, 5) is 28.0. The minimum atomic E-state index is -0.851. The molecule has 6 nitrogen and oxygen atoms in total. The highest BCUT2D eigenvalue weighted by Gasteiger charge is 2.31. The van der Waals surface area contributed by atoms with Gasteiger partial charge in [0, 0.05) is 33.8 Å². The number of rotatable bonds is 6. The highest BCUT2D eigenvalue weighted by Crippen LogP contribution is 2.39. The number of ether oxygens (including phenoxy) is 1. The number of hydrogen-bond donors (Lipinski definition) is 1. The number of carbonyl (C=O) groups is 2. The fourth-order valence-corrected chi connectivity index (χ4v) is 4.25. The lowest BCUT2D eigenvalue weighted by atomic mass is 9.84. The van der Waals surface area contributed by atoms with Crippen molar-refractivity contribution in [1.82, 2.24) is 9.80 Å². The molecule has 1 N–H and O–H groups in total. The smallest absolute Gasteiger partial charge is 0.320 e. The van der Waals surface area contributed by atoms with E-state index in [2.05, 4.69) is 0 Å². The molecule has 0 bridgehead atoms. The second kappa shape index (κ2) is 8.88. The number of benzene rings is 2. The summed E-state index contributed by atoms with van der Waals surface area (Å²) in [5, 5.41) is 9.56. The van der Waals surface area contributed by atoms with Crippen LogP contribution in [0, 0.1) is 20.8 Å². The van der Waals surface area contributed by atoms with Crippen molar-refractivity contribution in [2.45, 2.75) is 40.3 Å². The normalized spacial score (nSPS) is 12.8. The fourth-order valence-electron chi connectivity index (χ4n) is 4.25. The molecule has 1 heterocycles. The largest absolute Gasteiger partial charge is 0.481 e. The van der Waals surface area contributed by atoms with Gasteiger partial charge in [-0.25, -0.2) is 4.79 Å². The molecule has 2 aromatic rings. The van der Waals surface area contributed by atoms with Crippen LogP contribution in [0.5, 0.6) is 0 Å². The predicted octanol–water partition coefficient (Wildman–Crippen LogP) is 3.92. The third kappa shape index (κ3) is 4.19. The molecule has 0 radical (unpaired) electrons. The molecule has 1 aliphatic heterocycles. The number of aryl methyl sites for hydroxylation is 1. The van der Waals surface area contributed by atoms with E-state index in [4.69, 9.17) is 4.74 Å². The average Bonchev–Trinajstić information content (AvgIpc) is 3.16. The van der Waals surface area contributed by atoms with Crippen LogP contribution in [0.3, 0.4) is 0 Å². The Bertz CT molecular complexity index is 966. The number of likely N-dealkylation sites (N-methyl/N-ethyl adjacent to an activating group) is 1. The van der Waals surface area contributed by atoms with E-state index in [1.54, 1.807) is 19.1 Å². The first-order valence-corrected chi connectivity index (χ1v) is 10.2. The van der Waals surface area contributed by atoms with Crippen LogP contribution in [0.4, 0.5) is 4.79 Å². The Morgan fingerprint density at radius 1 is 1.07 bits per heavy atom. The van der Waals surface area contributed by atoms with Crippen molar-refractivity contribution < 1.29 is 19.4 Å². The Kier molecular flexibility index (Phi) is 6.46. The average molecular weight is 411 g/mol. The topological polar surface area (TPSA) is 70.1 Å². The predicted molar refractivity (Wildman–Crippen MR) is 117 cm³/mol. The number of hydrogen-bond acceptors (Lipinski definition) is 3. The van der Waals surface area contributed by atoms with E-state index in [1.807, 2.05) is 49.9 Å². The quantitative estimate of drug-likeness (QED) is 0.784. The van der Waals surface area contributed by atoms with Crippen molar-refractivity contribution in [3.05, 3.63) is 57.6 Å². The molecular weight excluding hydrogens is 380 g/mol. The second-order valence-corrected chi connectivity index (χ2v) is 8.05. The maximum absolute atomic E-state index is 12.9. The molecule has 0 saturated heterocycles. The van der Waals surface area contributed by atoms with Crippen molar-refractivity contribution in [2.75, 3.05) is 27.3 Å². The standard InChI is InChI=1S/C24H30N2O4/c1-15-6-8-18(9-7-15)23-17(3)21-14-26(24(29)25(4)10-11-30-5)13-20(21)16(2)19(23)12-22(27)28/h6-9H,10-14H2,1-5H3,(H,27,28). The first-order chi connectivity index (χ1) is 14.2. The summed E-state index contributed by atoms with van der Waals surface area (Å²) in [6, 6.07) is 8.14. The van der Waals surface area contributed by atoms with Crippen molar-refractivity contribution >= 4 is 12.0 Å². The molecule has 0 unspecified atom stereocenters. The van der Waals surface area contributed by atoms with E-state index in [9.17, 15) is 14.7 Å². The summed E-state index contributed by atoms with van der Waals surface area (Å²) >= 11 is 0. The van der Waals surface area contributed by atoms with E-state index < -0.39 is 5.97 Å². The van der Waals surface area contributed by atoms with E-state index in [0.717, 1.165) is 44.5 Å². The third-order valence-electron chi connectivity index (χ3n) is 5.99. The maximum atomic E-state index is 12.9. The number of carbonyl (C=O) groups excluding carboxylic acids is 1. The molecule has 160 valence electrons. The lowest BCUT2D eigenvalue weighted by Gasteiger charge is -2.24. The number of carboxylic acids is 1. The summed E-state index contributed by atoms with van der Waals surface area (Å²) in [6.45, 7) is 8.11. The number of urea groups is 1. The second-order valence-electron chi connectivity index (χ2n) is 8.05. The first-order valence-electron chi connectivity index (χ1n) is 10.2. The number of aliphatic carboxylic acids is 1. The minimum absolute atomic E-state index is 0.0369. The van der Waals surface area contributed by atoms with Crippen LogP contribution < -0.4 is 0 Å². The molecule has 3 rings (SSSR count). The van der Waals surface area contributed by atoms with E-state index in [0.29, 0.717) is 26.2 Å². The van der Waals surface area contributed by atoms with Gasteiger partial charge in [-0.2, -0.15) is 0 Å². The van der Waals surface area contributed by atoms with Gasteiger partial charge in [-0.15, -0.1) is 0 Å². The highest BCUT2D eigenvalue weighted by molar-refractivity contribution is 5.82. The number of fused-ring (bicyclic) bond motifs is 1. The van der Waals surface area contributed by atoms with Crippen molar-refractivity contribution in [2.24, 2.45) is 0 Å². The van der Waals surface area contributed by atoms with E-state index in [-0.39, 0.29) is 12.5 Å². The summed E-state index contributed by atoms with van der Waals surface area (Å²) in [5.41, 5.74) is 8.24. The van der Waals surface area contributed by atoms with Crippen LogP contribution >= 0.6 is 0 Å². The van der Waals surface area contributed by atoms with E-state index in [1.165, 1.54) is 0 Å². The van der Waals surface area contributed by atoms with Gasteiger partial charge in [0.1, 0.15) is 0 Å². The molecule has 30 heavy (non-hydrogen) atoms. The van der Waals surface area contributed by atoms with Crippen LogP contribution in [-0.2, 0) is 29.0 Å². The van der Waals surface area contributed by atoms with Crippen molar-refractivity contribution in [3.63, 3.8) is 0 Å². The molecular formula is C24H30N2O4. The molecule has 0 saturated carbocycles. The van der Waals surface area contributed by atoms with Crippen LogP contribution in [0.2, 0.25) is 0 Å². The zero-order valence-corrected chi connectivity index (χ0v) is 18.4. The zero-order valence-electron chi connectivity index (χ0n) is 18.4. The van der Waals surface area contributed by atoms with Gasteiger partial charge in [0.15, 0.2) is 0 Å². The third-order valence-corrected chi connectivity index (χ3v) is 5.99. The lowest BCUT2D eigenvalue weighted by molar-refractivity contribution is -0.136. The SMILES string of the molecule is COCCN(C)C(=O)N1Cc2c(C)c(CC(=O)O)c(-c3ccc(C)cc3)c(C)c2C1. The maximum Gasteiger partial charge on any atom is 0.320 e. The van der Waals surface area contributed by atoms with Gasteiger partial charge < -0.3 is 19.6 Å². The summed E-state index contributed by atoms with van der Waals surface area (Å²) < 4.78 is 5.08. The molecule has 0 atom stereocenters. The highest BCUT2D eigenvalue weighted by atomic mass is 16.5. The zero-order chi connectivity index (χ0) is 22.0. The van der Waals surface area contributed by atoms with Crippen LogP contribution in [0.15, 0.2) is 24.3 Å². The minimum Gasteiger partial charge on any atom is -0.481 e. The van der Waals surface area contributed by atoms with E-state index >= 15 is 0 Å². The lowest BCUT2D eigenvalue weighted by Crippen LogP contribution is -2.39. The Hall–Kier alpha value is -2.86. The van der Waals surface area contributed by atoms with Gasteiger partial charge in [-0.05, 0) is 59.7 Å². The molecule has 6 heteroatoms. The molecule has 0 fully saturated rings. The van der Waals surface area contributed by atoms with Crippen molar-refractivity contribution in [1.29, 1.82) is 0 Å². The number of methoxy groups -OCH3 is 1. The molecule has 0 aliphatic carbocycles. The van der Waals surface area contributed by atoms with Crippen LogP contribution in [-0.4, -0.2) is 54.2 Å². The van der Waals surface area contributed by atoms with Gasteiger partial charge in [0.05, 0.1) is 13.0 Å². The monoisotopic (exact) mass is 410 g/mol. The summed E-state index contributed by atoms with van der Waals surface area (Å²) in [6.07, 6.45) is -0.0369. The Balaban J connectivity index is 2.05. The van der Waals surface area contributed by atoms with Gasteiger partial charge >= 0.3 is 12.0 Å². The Morgan fingerprint density at radius 2 is 1.67 bits per heavy atom. The summed E-state index contributed by atoms with van der Waals surface area (Å²) in [7, 11) is 3.39. The molecule has 2 aromatic carbocycles. The Morgan fingerprint density at radius 3 is 2.23 bits per heavy atom. The summed E-state index contributed by atoms with van der Waals surface area (Å²) in [5.74, 6) is -0.851. The molecule has 0 spiro atoms. The number of nitrogens with zero attached hydrogens (tertiary/aromatic N) is 2. The fraction of sp³-hybridized carbons (Fsp3) is 0.417.